The van der Waals surface area contributed by atoms with Crippen LogP contribution in [0.3, 0.4) is 0 Å². The van der Waals surface area contributed by atoms with E-state index >= 15 is 0 Å². The third-order valence-electron chi connectivity index (χ3n) is 3.04. The highest BCUT2D eigenvalue weighted by Gasteiger charge is 2.09. The molecule has 1 aromatic heterocycles. The summed E-state index contributed by atoms with van der Waals surface area (Å²) in [6.07, 6.45) is 1.71. The van der Waals surface area contributed by atoms with Gasteiger partial charge in [-0.1, -0.05) is 6.07 Å². The highest BCUT2D eigenvalue weighted by molar-refractivity contribution is 9.10. The number of carbonyl (C=O) groups excluding carboxylic acids is 1. The van der Waals surface area contributed by atoms with E-state index in [1.54, 1.807) is 18.3 Å². The van der Waals surface area contributed by atoms with E-state index in [4.69, 9.17) is 0 Å². The van der Waals surface area contributed by atoms with Gasteiger partial charge in [-0.15, -0.1) is 0 Å². The molecule has 0 aliphatic rings. The van der Waals surface area contributed by atoms with Gasteiger partial charge in [0.15, 0.2) is 0 Å². The summed E-state index contributed by atoms with van der Waals surface area (Å²) in [5.41, 5.74) is 1.76. The molecule has 104 valence electrons. The topological polar surface area (TPSA) is 42.0 Å². The summed E-state index contributed by atoms with van der Waals surface area (Å²) in [7, 11) is 0. The Balaban J connectivity index is 1.87. The fourth-order valence-electron chi connectivity index (χ4n) is 1.99. The van der Waals surface area contributed by atoms with Gasteiger partial charge in [0.1, 0.15) is 5.82 Å². The number of halogens is 2. The number of nitrogens with zero attached hydrogens (tertiary/aromatic N) is 1. The molecular formula is C16H10BrFN2O. The van der Waals surface area contributed by atoms with Crippen LogP contribution in [0, 0.1) is 5.82 Å². The number of hydrogen-bond donors (Lipinski definition) is 1. The number of rotatable bonds is 2. The van der Waals surface area contributed by atoms with Crippen molar-refractivity contribution < 1.29 is 9.18 Å². The number of amides is 1. The van der Waals surface area contributed by atoms with Gasteiger partial charge in [0.25, 0.3) is 5.91 Å². The summed E-state index contributed by atoms with van der Waals surface area (Å²) in [5, 5.41) is 3.68. The smallest absolute Gasteiger partial charge is 0.255 e. The first-order valence-electron chi connectivity index (χ1n) is 6.25. The predicted molar refractivity (Wildman–Crippen MR) is 83.8 cm³/mol. The third-order valence-corrected chi connectivity index (χ3v) is 3.69. The fraction of sp³-hybridized carbons (Fsp3) is 0. The highest BCUT2D eigenvalue weighted by Crippen LogP contribution is 2.20. The van der Waals surface area contributed by atoms with Crippen LogP contribution in [-0.2, 0) is 0 Å². The van der Waals surface area contributed by atoms with Crippen LogP contribution in [0.25, 0.3) is 10.9 Å². The van der Waals surface area contributed by atoms with Crippen LogP contribution in [0.1, 0.15) is 10.4 Å². The van der Waals surface area contributed by atoms with Gasteiger partial charge in [-0.25, -0.2) is 4.39 Å². The Morgan fingerprint density at radius 1 is 1.14 bits per heavy atom. The lowest BCUT2D eigenvalue weighted by atomic mass is 10.1. The first-order valence-corrected chi connectivity index (χ1v) is 7.04. The molecule has 0 saturated carbocycles. The van der Waals surface area contributed by atoms with Crippen molar-refractivity contribution in [3.63, 3.8) is 0 Å². The first kappa shape index (κ1) is 13.7. The van der Waals surface area contributed by atoms with Gasteiger partial charge in [-0.3, -0.25) is 9.78 Å². The van der Waals surface area contributed by atoms with Gasteiger partial charge in [0.2, 0.25) is 0 Å². The zero-order valence-electron chi connectivity index (χ0n) is 10.8. The van der Waals surface area contributed by atoms with Crippen molar-refractivity contribution in [1.82, 2.24) is 4.98 Å². The Labute approximate surface area is 128 Å². The number of pyridine rings is 1. The molecule has 3 rings (SSSR count). The maximum Gasteiger partial charge on any atom is 0.255 e. The van der Waals surface area contributed by atoms with Crippen molar-refractivity contribution in [1.29, 1.82) is 0 Å². The second-order valence-corrected chi connectivity index (χ2v) is 5.35. The number of nitrogens with one attached hydrogen (secondary N) is 1. The standard InChI is InChI=1S/C16H10BrFN2O/c17-13-5-3-11(9-14(13)18)16(21)20-12-4-6-15-10(8-12)2-1-7-19-15/h1-9H,(H,20,21). The fourth-order valence-corrected chi connectivity index (χ4v) is 2.24. The summed E-state index contributed by atoms with van der Waals surface area (Å²) in [4.78, 5) is 16.3. The monoisotopic (exact) mass is 344 g/mol. The zero-order chi connectivity index (χ0) is 14.8. The number of carbonyl (C=O) groups is 1. The Bertz CT molecular complexity index is 835. The minimum Gasteiger partial charge on any atom is -0.322 e. The molecule has 3 nitrogen and oxygen atoms in total. The summed E-state index contributed by atoms with van der Waals surface area (Å²) < 4.78 is 13.8. The quantitative estimate of drug-likeness (QED) is 0.749. The Morgan fingerprint density at radius 2 is 2.00 bits per heavy atom. The van der Waals surface area contributed by atoms with Crippen molar-refractivity contribution in [3.8, 4) is 0 Å². The van der Waals surface area contributed by atoms with E-state index < -0.39 is 5.82 Å². The molecule has 1 N–H and O–H groups in total. The zero-order valence-corrected chi connectivity index (χ0v) is 12.4. The van der Waals surface area contributed by atoms with Gasteiger partial charge < -0.3 is 5.32 Å². The minimum atomic E-state index is -0.467. The van der Waals surface area contributed by atoms with Crippen LogP contribution in [0.5, 0.6) is 0 Å². The number of benzene rings is 2. The Hall–Kier alpha value is -2.27. The summed E-state index contributed by atoms with van der Waals surface area (Å²) >= 11 is 3.06. The summed E-state index contributed by atoms with van der Waals surface area (Å²) in [6.45, 7) is 0. The Morgan fingerprint density at radius 3 is 2.81 bits per heavy atom. The lowest BCUT2D eigenvalue weighted by molar-refractivity contribution is 0.102. The summed E-state index contributed by atoms with van der Waals surface area (Å²) in [6, 6.07) is 13.4. The van der Waals surface area contributed by atoms with E-state index in [9.17, 15) is 9.18 Å². The maximum absolute atomic E-state index is 13.5. The molecule has 5 heteroatoms. The molecule has 0 radical (unpaired) electrons. The van der Waals surface area contributed by atoms with Gasteiger partial charge in [-0.05, 0) is 58.4 Å². The molecule has 1 heterocycles. The first-order chi connectivity index (χ1) is 10.1. The normalized spacial score (nSPS) is 10.6. The predicted octanol–water partition coefficient (Wildman–Crippen LogP) is 4.39. The van der Waals surface area contributed by atoms with Gasteiger partial charge in [-0.2, -0.15) is 0 Å². The van der Waals surface area contributed by atoms with Crippen LogP contribution in [0.15, 0.2) is 59.2 Å². The van der Waals surface area contributed by atoms with E-state index in [2.05, 4.69) is 26.2 Å². The molecule has 0 fully saturated rings. The van der Waals surface area contributed by atoms with Crippen molar-refractivity contribution in [2.45, 2.75) is 0 Å². The van der Waals surface area contributed by atoms with Gasteiger partial charge >= 0.3 is 0 Å². The van der Waals surface area contributed by atoms with Crippen molar-refractivity contribution in [2.75, 3.05) is 5.32 Å². The van der Waals surface area contributed by atoms with E-state index in [1.807, 2.05) is 24.3 Å². The molecule has 0 bridgehead atoms. The van der Waals surface area contributed by atoms with Gasteiger partial charge in [0.05, 0.1) is 9.99 Å². The molecular weight excluding hydrogens is 335 g/mol. The molecule has 21 heavy (non-hydrogen) atoms. The lowest BCUT2D eigenvalue weighted by Gasteiger charge is -2.07. The number of fused-ring (bicyclic) bond motifs is 1. The SMILES string of the molecule is O=C(Nc1ccc2ncccc2c1)c1ccc(Br)c(F)c1. The number of hydrogen-bond acceptors (Lipinski definition) is 2. The summed E-state index contributed by atoms with van der Waals surface area (Å²) in [5.74, 6) is -0.824. The molecule has 0 unspecified atom stereocenters. The molecule has 3 aromatic rings. The van der Waals surface area contributed by atoms with Crippen LogP contribution in [-0.4, -0.2) is 10.9 Å². The second-order valence-electron chi connectivity index (χ2n) is 4.49. The van der Waals surface area contributed by atoms with Crippen LogP contribution in [0.2, 0.25) is 0 Å². The third kappa shape index (κ3) is 2.92. The molecule has 0 aliphatic heterocycles. The molecule has 0 aliphatic carbocycles. The highest BCUT2D eigenvalue weighted by atomic mass is 79.9. The number of anilines is 1. The average Bonchev–Trinajstić information content (AvgIpc) is 2.50. The molecule has 0 spiro atoms. The molecule has 0 atom stereocenters. The van der Waals surface area contributed by atoms with E-state index in [-0.39, 0.29) is 11.5 Å². The largest absolute Gasteiger partial charge is 0.322 e. The van der Waals surface area contributed by atoms with Crippen LogP contribution < -0.4 is 5.32 Å². The van der Waals surface area contributed by atoms with Crippen molar-refractivity contribution >= 4 is 38.4 Å². The average molecular weight is 345 g/mol. The number of aromatic nitrogens is 1. The van der Waals surface area contributed by atoms with Crippen molar-refractivity contribution in [3.05, 3.63) is 70.6 Å². The van der Waals surface area contributed by atoms with E-state index in [1.165, 1.54) is 12.1 Å². The minimum absolute atomic E-state index is 0.266. The maximum atomic E-state index is 13.5. The van der Waals surface area contributed by atoms with E-state index in [0.29, 0.717) is 10.2 Å². The molecule has 1 amide bonds. The Kier molecular flexibility index (Phi) is 3.66. The second kappa shape index (κ2) is 5.61. The van der Waals surface area contributed by atoms with Crippen LogP contribution in [0.4, 0.5) is 10.1 Å². The van der Waals surface area contributed by atoms with Crippen molar-refractivity contribution in [2.24, 2.45) is 0 Å². The van der Waals surface area contributed by atoms with Gasteiger partial charge in [0, 0.05) is 22.8 Å². The van der Waals surface area contributed by atoms with Crippen LogP contribution >= 0.6 is 15.9 Å². The van der Waals surface area contributed by atoms with E-state index in [0.717, 1.165) is 10.9 Å². The molecule has 0 saturated heterocycles. The lowest BCUT2D eigenvalue weighted by Crippen LogP contribution is -2.12. The molecule has 2 aromatic carbocycles.